The fourth-order valence-electron chi connectivity index (χ4n) is 3.31. The molecule has 1 amide bonds. The van der Waals surface area contributed by atoms with Crippen molar-refractivity contribution in [2.75, 3.05) is 23.3 Å². The molecule has 0 saturated carbocycles. The first-order chi connectivity index (χ1) is 14.0. The number of carbonyl (C=O) groups excluding carboxylic acids is 1. The van der Waals surface area contributed by atoms with Crippen LogP contribution in [-0.2, 0) is 0 Å². The summed E-state index contributed by atoms with van der Waals surface area (Å²) >= 11 is 0. The zero-order chi connectivity index (χ0) is 20.4. The molecule has 1 aliphatic heterocycles. The van der Waals surface area contributed by atoms with Crippen molar-refractivity contribution in [2.24, 2.45) is 0 Å². The molecule has 1 fully saturated rings. The highest BCUT2D eigenvalue weighted by Gasteiger charge is 2.19. The fourth-order valence-corrected chi connectivity index (χ4v) is 3.31. The van der Waals surface area contributed by atoms with Crippen molar-refractivity contribution < 1.29 is 9.72 Å². The number of hydrogen-bond donors (Lipinski definition) is 1. The highest BCUT2D eigenvalue weighted by Crippen LogP contribution is 2.21. The summed E-state index contributed by atoms with van der Waals surface area (Å²) in [6.45, 7) is 3.68. The summed E-state index contributed by atoms with van der Waals surface area (Å²) in [5, 5.41) is 21.7. The average Bonchev–Trinajstić information content (AvgIpc) is 3.38. The van der Waals surface area contributed by atoms with Gasteiger partial charge in [-0.15, -0.1) is 5.10 Å². The highest BCUT2D eigenvalue weighted by molar-refractivity contribution is 6.03. The van der Waals surface area contributed by atoms with Crippen LogP contribution < -0.4 is 10.2 Å². The van der Waals surface area contributed by atoms with E-state index >= 15 is 0 Å². The second-order valence-corrected chi connectivity index (χ2v) is 6.77. The molecule has 10 nitrogen and oxygen atoms in total. The number of hydrogen-bond acceptors (Lipinski definition) is 7. The summed E-state index contributed by atoms with van der Waals surface area (Å²) in [5.74, 6) is 0.475. The van der Waals surface area contributed by atoms with Crippen molar-refractivity contribution in [3.63, 3.8) is 0 Å². The lowest BCUT2D eigenvalue weighted by molar-refractivity contribution is -0.384. The molecule has 0 radical (unpaired) electrons. The molecule has 10 heteroatoms. The van der Waals surface area contributed by atoms with Gasteiger partial charge in [0.1, 0.15) is 5.82 Å². The Labute approximate surface area is 166 Å². The zero-order valence-corrected chi connectivity index (χ0v) is 15.8. The van der Waals surface area contributed by atoms with E-state index in [0.29, 0.717) is 17.1 Å². The number of carbonyl (C=O) groups is 1. The lowest BCUT2D eigenvalue weighted by atomic mass is 10.2. The average molecular weight is 393 g/mol. The van der Waals surface area contributed by atoms with E-state index in [1.165, 1.54) is 29.7 Å². The van der Waals surface area contributed by atoms with E-state index in [0.717, 1.165) is 18.9 Å². The maximum atomic E-state index is 12.6. The molecule has 1 aromatic carbocycles. The summed E-state index contributed by atoms with van der Waals surface area (Å²) in [6, 6.07) is 9.68. The molecule has 29 heavy (non-hydrogen) atoms. The number of nitrogens with zero attached hydrogens (tertiary/aromatic N) is 6. The lowest BCUT2D eigenvalue weighted by Gasteiger charge is -2.16. The van der Waals surface area contributed by atoms with Crippen molar-refractivity contribution in [2.45, 2.75) is 19.8 Å². The van der Waals surface area contributed by atoms with E-state index in [-0.39, 0.29) is 11.4 Å². The number of nitrogens with one attached hydrogen (secondary N) is 1. The Morgan fingerprint density at radius 3 is 2.69 bits per heavy atom. The topological polar surface area (TPSA) is 119 Å². The second kappa shape index (κ2) is 7.66. The van der Waals surface area contributed by atoms with Crippen LogP contribution in [0.4, 0.5) is 17.2 Å². The van der Waals surface area contributed by atoms with Crippen molar-refractivity contribution in [3.05, 3.63) is 64.1 Å². The van der Waals surface area contributed by atoms with Crippen LogP contribution in [0.1, 0.15) is 29.0 Å². The zero-order valence-electron chi connectivity index (χ0n) is 15.8. The van der Waals surface area contributed by atoms with Crippen LogP contribution in [0.3, 0.4) is 0 Å². The van der Waals surface area contributed by atoms with Crippen LogP contribution in [0.15, 0.2) is 42.6 Å². The molecule has 0 unspecified atom stereocenters. The van der Waals surface area contributed by atoms with Gasteiger partial charge in [-0.25, -0.2) is 9.67 Å². The predicted octanol–water partition coefficient (Wildman–Crippen LogP) is 2.73. The first-order valence-electron chi connectivity index (χ1n) is 9.22. The number of benzene rings is 1. The first kappa shape index (κ1) is 18.5. The quantitative estimate of drug-likeness (QED) is 0.523. The largest absolute Gasteiger partial charge is 0.357 e. The van der Waals surface area contributed by atoms with E-state index < -0.39 is 10.8 Å². The predicted molar refractivity (Wildman–Crippen MR) is 106 cm³/mol. The molecule has 4 rings (SSSR count). The number of nitro benzene ring substituents is 1. The fraction of sp³-hybridized carbons (Fsp3) is 0.263. The van der Waals surface area contributed by atoms with Crippen molar-refractivity contribution >= 4 is 23.1 Å². The molecule has 148 valence electrons. The van der Waals surface area contributed by atoms with Crippen molar-refractivity contribution in [3.8, 4) is 5.69 Å². The smallest absolute Gasteiger partial charge is 0.278 e. The maximum Gasteiger partial charge on any atom is 0.278 e. The van der Waals surface area contributed by atoms with E-state index in [1.54, 1.807) is 31.3 Å². The first-order valence-corrected chi connectivity index (χ1v) is 9.22. The van der Waals surface area contributed by atoms with Crippen LogP contribution in [0.5, 0.6) is 0 Å². The van der Waals surface area contributed by atoms with Gasteiger partial charge in [0.25, 0.3) is 11.6 Å². The van der Waals surface area contributed by atoms with Gasteiger partial charge in [-0.1, -0.05) is 11.3 Å². The van der Waals surface area contributed by atoms with Gasteiger partial charge in [0.2, 0.25) is 0 Å². The monoisotopic (exact) mass is 393 g/mol. The number of pyridine rings is 1. The summed E-state index contributed by atoms with van der Waals surface area (Å²) in [6.07, 6.45) is 3.95. The Morgan fingerprint density at radius 2 is 2.00 bits per heavy atom. The third-order valence-corrected chi connectivity index (χ3v) is 4.83. The number of non-ortho nitro benzene ring substituents is 1. The van der Waals surface area contributed by atoms with Crippen molar-refractivity contribution in [1.29, 1.82) is 0 Å². The van der Waals surface area contributed by atoms with Crippen LogP contribution >= 0.6 is 0 Å². The molecule has 1 N–H and O–H groups in total. The molecule has 1 aliphatic rings. The number of rotatable bonds is 5. The molecule has 0 spiro atoms. The van der Waals surface area contributed by atoms with E-state index in [2.05, 4.69) is 25.5 Å². The minimum absolute atomic E-state index is 0.0624. The van der Waals surface area contributed by atoms with E-state index in [4.69, 9.17) is 0 Å². The molecule has 3 heterocycles. The lowest BCUT2D eigenvalue weighted by Crippen LogP contribution is -2.19. The van der Waals surface area contributed by atoms with Gasteiger partial charge >= 0.3 is 0 Å². The molecule has 1 saturated heterocycles. The minimum atomic E-state index is -0.484. The highest BCUT2D eigenvalue weighted by atomic mass is 16.6. The summed E-state index contributed by atoms with van der Waals surface area (Å²) in [7, 11) is 0. The molecule has 3 aromatic rings. The van der Waals surface area contributed by atoms with Gasteiger partial charge in [0.15, 0.2) is 5.69 Å². The van der Waals surface area contributed by atoms with E-state index in [9.17, 15) is 14.9 Å². The molecule has 0 aliphatic carbocycles. The van der Waals surface area contributed by atoms with E-state index in [1.807, 2.05) is 6.07 Å². The number of amides is 1. The molecular formula is C19H19N7O3. The standard InChI is InChI=1S/C19H19N7O3/c1-13-18(22-23-25(13)15-5-4-6-16(11-15)26(28)29)19(27)21-14-7-8-17(20-12-14)24-9-2-3-10-24/h4-8,11-12H,2-3,9-10H2,1H3,(H,21,27). The minimum Gasteiger partial charge on any atom is -0.357 e. The van der Waals surface area contributed by atoms with Crippen molar-refractivity contribution in [1.82, 2.24) is 20.0 Å². The SMILES string of the molecule is Cc1c(C(=O)Nc2ccc(N3CCCC3)nc2)nnn1-c1cccc([N+](=O)[O-])c1. The summed E-state index contributed by atoms with van der Waals surface area (Å²) in [4.78, 5) is 29.7. The van der Waals surface area contributed by atoms with Gasteiger partial charge in [-0.2, -0.15) is 0 Å². The van der Waals surface area contributed by atoms with Gasteiger partial charge in [0, 0.05) is 25.2 Å². The van der Waals surface area contributed by atoms with Gasteiger partial charge in [0.05, 0.1) is 28.2 Å². The Kier molecular flexibility index (Phi) is 4.90. The number of nitro groups is 1. The van der Waals surface area contributed by atoms with Crippen LogP contribution in [0.25, 0.3) is 5.69 Å². The normalized spacial score (nSPS) is 13.5. The van der Waals surface area contributed by atoms with Gasteiger partial charge in [-0.3, -0.25) is 14.9 Å². The summed E-state index contributed by atoms with van der Waals surface area (Å²) in [5.41, 5.74) is 1.57. The van der Waals surface area contributed by atoms with Crippen LogP contribution in [0, 0.1) is 17.0 Å². The Hall–Kier alpha value is -3.82. The van der Waals surface area contributed by atoms with Crippen LogP contribution in [-0.4, -0.2) is 43.9 Å². The third-order valence-electron chi connectivity index (χ3n) is 4.83. The molecule has 2 aromatic heterocycles. The molecular weight excluding hydrogens is 374 g/mol. The molecule has 0 atom stereocenters. The third kappa shape index (κ3) is 3.77. The number of aromatic nitrogens is 4. The van der Waals surface area contributed by atoms with Gasteiger partial charge in [-0.05, 0) is 38.0 Å². The summed E-state index contributed by atoms with van der Waals surface area (Å²) < 4.78 is 1.40. The number of anilines is 2. The van der Waals surface area contributed by atoms with Gasteiger partial charge < -0.3 is 10.2 Å². The Bertz CT molecular complexity index is 1060. The van der Waals surface area contributed by atoms with Crippen LogP contribution in [0.2, 0.25) is 0 Å². The Balaban J connectivity index is 1.51. The Morgan fingerprint density at radius 1 is 1.21 bits per heavy atom. The maximum absolute atomic E-state index is 12.6. The molecule has 0 bridgehead atoms. The second-order valence-electron chi connectivity index (χ2n) is 6.77.